The maximum atomic E-state index is 5.50. The number of piperidine rings is 1. The molecule has 0 aliphatic carbocycles. The van der Waals surface area contributed by atoms with E-state index < -0.39 is 0 Å². The fourth-order valence-electron chi connectivity index (χ4n) is 1.84. The van der Waals surface area contributed by atoms with Gasteiger partial charge in [0.15, 0.2) is 0 Å². The Morgan fingerprint density at radius 3 is 2.93 bits per heavy atom. The second-order valence-corrected chi connectivity index (χ2v) is 4.82. The fourth-order valence-corrected chi connectivity index (χ4v) is 1.84. The molecule has 1 aliphatic heterocycles. The number of hydrogen-bond acceptors (Lipinski definition) is 3. The monoisotopic (exact) mass is 214 g/mol. The lowest BCUT2D eigenvalue weighted by Crippen LogP contribution is -2.42. The molecule has 0 amide bonds. The third kappa shape index (κ3) is 6.88. The van der Waals surface area contributed by atoms with Crippen LogP contribution in [-0.4, -0.2) is 38.9 Å². The molecule has 0 aromatic rings. The maximum Gasteiger partial charge on any atom is 0.0591 e. The average molecular weight is 214 g/mol. The largest absolute Gasteiger partial charge is 0.380 e. The normalized spacial score (nSPS) is 22.2. The van der Waals surface area contributed by atoms with Crippen molar-refractivity contribution in [3.63, 3.8) is 0 Å². The summed E-state index contributed by atoms with van der Waals surface area (Å²) < 4.78 is 5.50. The molecule has 0 saturated carbocycles. The van der Waals surface area contributed by atoms with Gasteiger partial charge in [-0.25, -0.2) is 0 Å². The predicted octanol–water partition coefficient (Wildman–Crippen LogP) is 1.39. The summed E-state index contributed by atoms with van der Waals surface area (Å²) >= 11 is 0. The molecule has 0 spiro atoms. The molecule has 0 aromatic carbocycles. The van der Waals surface area contributed by atoms with Gasteiger partial charge < -0.3 is 15.4 Å². The highest BCUT2D eigenvalue weighted by atomic mass is 16.5. The number of rotatable bonds is 7. The number of ether oxygens (including phenoxy) is 1. The minimum Gasteiger partial charge on any atom is -0.380 e. The molecule has 3 nitrogen and oxygen atoms in total. The van der Waals surface area contributed by atoms with Crippen molar-refractivity contribution >= 4 is 0 Å². The van der Waals surface area contributed by atoms with Crippen LogP contribution in [0.1, 0.15) is 33.1 Å². The zero-order valence-corrected chi connectivity index (χ0v) is 10.2. The van der Waals surface area contributed by atoms with Gasteiger partial charge >= 0.3 is 0 Å². The molecule has 0 bridgehead atoms. The van der Waals surface area contributed by atoms with Crippen molar-refractivity contribution < 1.29 is 4.74 Å². The molecule has 0 radical (unpaired) electrons. The van der Waals surface area contributed by atoms with E-state index in [4.69, 9.17) is 4.74 Å². The first-order valence-corrected chi connectivity index (χ1v) is 6.31. The van der Waals surface area contributed by atoms with E-state index in [0.29, 0.717) is 12.0 Å². The minimum absolute atomic E-state index is 0.644. The van der Waals surface area contributed by atoms with E-state index in [2.05, 4.69) is 24.5 Å². The van der Waals surface area contributed by atoms with E-state index in [-0.39, 0.29) is 0 Å². The molecule has 2 N–H and O–H groups in total. The highest BCUT2D eigenvalue weighted by Crippen LogP contribution is 2.05. The van der Waals surface area contributed by atoms with Crippen molar-refractivity contribution in [1.29, 1.82) is 0 Å². The third-order valence-electron chi connectivity index (χ3n) is 2.68. The van der Waals surface area contributed by atoms with Crippen LogP contribution in [0, 0.1) is 5.92 Å². The molecule has 1 unspecified atom stereocenters. The molecular formula is C12H26N2O. The highest BCUT2D eigenvalue weighted by molar-refractivity contribution is 4.73. The molecule has 90 valence electrons. The molecule has 15 heavy (non-hydrogen) atoms. The van der Waals surface area contributed by atoms with Crippen molar-refractivity contribution in [2.24, 2.45) is 5.92 Å². The number of nitrogens with one attached hydrogen (secondary N) is 2. The molecule has 1 fully saturated rings. The zero-order valence-electron chi connectivity index (χ0n) is 10.2. The summed E-state index contributed by atoms with van der Waals surface area (Å²) in [4.78, 5) is 0. The van der Waals surface area contributed by atoms with Gasteiger partial charge in [0, 0.05) is 25.7 Å². The molecule has 3 heteroatoms. The number of hydrogen-bond donors (Lipinski definition) is 2. The SMILES string of the molecule is CC(C)COCCNCC1CCCCN1. The molecule has 1 aliphatic rings. The lowest BCUT2D eigenvalue weighted by Gasteiger charge is -2.23. The van der Waals surface area contributed by atoms with Gasteiger partial charge in [-0.1, -0.05) is 20.3 Å². The summed E-state index contributed by atoms with van der Waals surface area (Å²) in [7, 11) is 0. The second-order valence-electron chi connectivity index (χ2n) is 4.82. The van der Waals surface area contributed by atoms with Crippen LogP contribution in [0.5, 0.6) is 0 Å². The van der Waals surface area contributed by atoms with Crippen molar-refractivity contribution in [3.8, 4) is 0 Å². The van der Waals surface area contributed by atoms with Crippen molar-refractivity contribution in [2.75, 3.05) is 32.8 Å². The summed E-state index contributed by atoms with van der Waals surface area (Å²) in [5.41, 5.74) is 0. The molecule has 1 atom stereocenters. The summed E-state index contributed by atoms with van der Waals surface area (Å²) in [5.74, 6) is 0.644. The Hall–Kier alpha value is -0.120. The van der Waals surface area contributed by atoms with Crippen LogP contribution in [0.3, 0.4) is 0 Å². The van der Waals surface area contributed by atoms with Gasteiger partial charge in [-0.2, -0.15) is 0 Å². The topological polar surface area (TPSA) is 33.3 Å². The van der Waals surface area contributed by atoms with Crippen LogP contribution < -0.4 is 10.6 Å². The lowest BCUT2D eigenvalue weighted by atomic mass is 10.1. The van der Waals surface area contributed by atoms with Crippen LogP contribution in [-0.2, 0) is 4.74 Å². The zero-order chi connectivity index (χ0) is 10.9. The van der Waals surface area contributed by atoms with Crippen LogP contribution in [0.15, 0.2) is 0 Å². The fraction of sp³-hybridized carbons (Fsp3) is 1.00. The van der Waals surface area contributed by atoms with Gasteiger partial charge in [0.2, 0.25) is 0 Å². The van der Waals surface area contributed by atoms with Gasteiger partial charge in [0.05, 0.1) is 6.61 Å². The Labute approximate surface area is 94.0 Å². The third-order valence-corrected chi connectivity index (χ3v) is 2.68. The van der Waals surface area contributed by atoms with E-state index in [1.54, 1.807) is 0 Å². The van der Waals surface area contributed by atoms with E-state index in [1.165, 1.54) is 25.8 Å². The van der Waals surface area contributed by atoms with Crippen LogP contribution >= 0.6 is 0 Å². The van der Waals surface area contributed by atoms with Crippen LogP contribution in [0.25, 0.3) is 0 Å². The summed E-state index contributed by atoms with van der Waals surface area (Å²) in [6, 6.07) is 0.684. The minimum atomic E-state index is 0.644. The van der Waals surface area contributed by atoms with Gasteiger partial charge in [0.25, 0.3) is 0 Å². The van der Waals surface area contributed by atoms with E-state index in [9.17, 15) is 0 Å². The van der Waals surface area contributed by atoms with Crippen LogP contribution in [0.4, 0.5) is 0 Å². The van der Waals surface area contributed by atoms with Crippen molar-refractivity contribution in [3.05, 3.63) is 0 Å². The highest BCUT2D eigenvalue weighted by Gasteiger charge is 2.10. The summed E-state index contributed by atoms with van der Waals surface area (Å²) in [5, 5.41) is 6.97. The summed E-state index contributed by atoms with van der Waals surface area (Å²) in [6.07, 6.45) is 4.04. The van der Waals surface area contributed by atoms with Crippen molar-refractivity contribution in [1.82, 2.24) is 10.6 Å². The Kier molecular flexibility index (Phi) is 6.98. The standard InChI is InChI=1S/C12H26N2O/c1-11(2)10-15-8-7-13-9-12-5-3-4-6-14-12/h11-14H,3-10H2,1-2H3. The van der Waals surface area contributed by atoms with E-state index >= 15 is 0 Å². The smallest absolute Gasteiger partial charge is 0.0591 e. The first kappa shape index (κ1) is 12.9. The first-order chi connectivity index (χ1) is 7.29. The van der Waals surface area contributed by atoms with Gasteiger partial charge in [-0.15, -0.1) is 0 Å². The predicted molar refractivity (Wildman–Crippen MR) is 64.2 cm³/mol. The Morgan fingerprint density at radius 2 is 2.27 bits per heavy atom. The molecule has 0 aromatic heterocycles. The Morgan fingerprint density at radius 1 is 1.40 bits per heavy atom. The van der Waals surface area contributed by atoms with E-state index in [0.717, 1.165) is 26.3 Å². The molecular weight excluding hydrogens is 188 g/mol. The maximum absolute atomic E-state index is 5.50. The van der Waals surface area contributed by atoms with Gasteiger partial charge in [-0.05, 0) is 25.3 Å². The molecule has 1 saturated heterocycles. The summed E-state index contributed by atoms with van der Waals surface area (Å²) in [6.45, 7) is 9.33. The molecule has 1 rings (SSSR count). The quantitative estimate of drug-likeness (QED) is 0.628. The Balaban J connectivity index is 1.83. The van der Waals surface area contributed by atoms with E-state index in [1.807, 2.05) is 0 Å². The Bertz CT molecular complexity index is 145. The lowest BCUT2D eigenvalue weighted by molar-refractivity contribution is 0.111. The van der Waals surface area contributed by atoms with Crippen LogP contribution in [0.2, 0.25) is 0 Å². The molecule has 1 heterocycles. The van der Waals surface area contributed by atoms with Gasteiger partial charge in [0.1, 0.15) is 0 Å². The second kappa shape index (κ2) is 8.08. The first-order valence-electron chi connectivity index (χ1n) is 6.31. The van der Waals surface area contributed by atoms with Gasteiger partial charge in [-0.3, -0.25) is 0 Å². The van der Waals surface area contributed by atoms with Crippen molar-refractivity contribution in [2.45, 2.75) is 39.2 Å². The average Bonchev–Trinajstić information content (AvgIpc) is 2.24.